The summed E-state index contributed by atoms with van der Waals surface area (Å²) in [6.45, 7) is 2.53. The molecule has 2 rings (SSSR count). The molecular weight excluding hydrogens is 335 g/mol. The highest BCUT2D eigenvalue weighted by Gasteiger charge is 2.32. The Labute approximate surface area is 123 Å². The maximum absolute atomic E-state index is 12.6. The molecule has 1 aromatic carbocycles. The summed E-state index contributed by atoms with van der Waals surface area (Å²) in [4.78, 5) is 12.0. The molecule has 1 fully saturated rings. The first-order valence-electron chi connectivity index (χ1n) is 6.44. The van der Waals surface area contributed by atoms with Gasteiger partial charge in [-0.2, -0.15) is 13.2 Å². The van der Waals surface area contributed by atoms with Crippen LogP contribution in [0, 0.1) is 11.8 Å². The fraction of sp³-hybridized carbons (Fsp3) is 0.500. The van der Waals surface area contributed by atoms with E-state index in [0.717, 1.165) is 12.1 Å². The maximum Gasteiger partial charge on any atom is 0.416 e. The number of benzene rings is 1. The van der Waals surface area contributed by atoms with Gasteiger partial charge in [-0.15, -0.1) is 0 Å². The van der Waals surface area contributed by atoms with Crippen molar-refractivity contribution < 1.29 is 18.0 Å². The summed E-state index contributed by atoms with van der Waals surface area (Å²) in [5.74, 6) is 0.527. The lowest BCUT2D eigenvalue weighted by molar-refractivity contribution is -0.137. The van der Waals surface area contributed by atoms with Crippen LogP contribution in [0.4, 0.5) is 13.2 Å². The van der Waals surface area contributed by atoms with Crippen LogP contribution in [0.25, 0.3) is 0 Å². The predicted molar refractivity (Wildman–Crippen MR) is 73.4 cm³/mol. The largest absolute Gasteiger partial charge is 0.416 e. The number of alkyl halides is 3. The number of rotatable bonds is 4. The molecule has 110 valence electrons. The van der Waals surface area contributed by atoms with Crippen molar-refractivity contribution in [2.24, 2.45) is 11.8 Å². The fourth-order valence-corrected chi connectivity index (χ4v) is 2.48. The molecule has 0 aliphatic heterocycles. The Balaban J connectivity index is 2.08. The molecule has 1 aromatic rings. The van der Waals surface area contributed by atoms with Crippen LogP contribution in [0.2, 0.25) is 0 Å². The summed E-state index contributed by atoms with van der Waals surface area (Å²) in [6.07, 6.45) is -2.11. The molecule has 1 saturated carbocycles. The average Bonchev–Trinajstić information content (AvgIpc) is 3.18. The highest BCUT2D eigenvalue weighted by atomic mass is 79.9. The topological polar surface area (TPSA) is 29.1 Å². The summed E-state index contributed by atoms with van der Waals surface area (Å²) in [5, 5.41) is 2.70. The van der Waals surface area contributed by atoms with Gasteiger partial charge in [0.25, 0.3) is 5.91 Å². The lowest BCUT2D eigenvalue weighted by Crippen LogP contribution is -2.29. The fourth-order valence-electron chi connectivity index (χ4n) is 2.06. The van der Waals surface area contributed by atoms with Gasteiger partial charge in [0, 0.05) is 11.0 Å². The molecule has 0 aromatic heterocycles. The summed E-state index contributed by atoms with van der Waals surface area (Å²) < 4.78 is 38.3. The molecule has 20 heavy (non-hydrogen) atoms. The molecule has 1 amide bonds. The van der Waals surface area contributed by atoms with Gasteiger partial charge in [-0.1, -0.05) is 6.92 Å². The zero-order chi connectivity index (χ0) is 14.9. The number of amides is 1. The lowest BCUT2D eigenvalue weighted by Gasteiger charge is -2.13. The third kappa shape index (κ3) is 3.75. The first-order chi connectivity index (χ1) is 9.29. The maximum atomic E-state index is 12.6. The van der Waals surface area contributed by atoms with E-state index in [1.807, 2.05) is 6.92 Å². The Hall–Kier alpha value is -1.04. The summed E-state index contributed by atoms with van der Waals surface area (Å²) in [6, 6.07) is 3.08. The van der Waals surface area contributed by atoms with Gasteiger partial charge in [-0.05, 0) is 58.8 Å². The van der Waals surface area contributed by atoms with Gasteiger partial charge in [-0.25, -0.2) is 0 Å². The van der Waals surface area contributed by atoms with E-state index in [9.17, 15) is 18.0 Å². The smallest absolute Gasteiger partial charge is 0.352 e. The Morgan fingerprint density at radius 2 is 2.10 bits per heavy atom. The molecule has 0 bridgehead atoms. The highest BCUT2D eigenvalue weighted by molar-refractivity contribution is 9.10. The first kappa shape index (κ1) is 15.4. The number of hydrogen-bond acceptors (Lipinski definition) is 1. The van der Waals surface area contributed by atoms with Crippen molar-refractivity contribution in [3.05, 3.63) is 33.8 Å². The van der Waals surface area contributed by atoms with Crippen LogP contribution in [0.15, 0.2) is 22.7 Å². The van der Waals surface area contributed by atoms with Crippen LogP contribution in [-0.4, -0.2) is 12.5 Å². The average molecular weight is 350 g/mol. The van der Waals surface area contributed by atoms with Crippen LogP contribution >= 0.6 is 15.9 Å². The minimum Gasteiger partial charge on any atom is -0.352 e. The van der Waals surface area contributed by atoms with Crippen molar-refractivity contribution in [3.63, 3.8) is 0 Å². The molecule has 0 saturated heterocycles. The third-order valence-corrected chi connectivity index (χ3v) is 4.24. The quantitative estimate of drug-likeness (QED) is 0.865. The number of carbonyl (C=O) groups is 1. The Kier molecular flexibility index (Phi) is 4.42. The Morgan fingerprint density at radius 3 is 2.65 bits per heavy atom. The second kappa shape index (κ2) is 5.76. The van der Waals surface area contributed by atoms with E-state index in [1.165, 1.54) is 18.9 Å². The minimum atomic E-state index is -4.45. The van der Waals surface area contributed by atoms with Crippen molar-refractivity contribution >= 4 is 21.8 Å². The highest BCUT2D eigenvalue weighted by Crippen LogP contribution is 2.36. The van der Waals surface area contributed by atoms with Gasteiger partial charge < -0.3 is 5.32 Å². The predicted octanol–water partition coefficient (Wildman–Crippen LogP) is 4.24. The molecule has 2 nitrogen and oxygen atoms in total. The molecule has 0 heterocycles. The van der Waals surface area contributed by atoms with Crippen LogP contribution in [0.1, 0.15) is 35.7 Å². The minimum absolute atomic E-state index is 0.0165. The van der Waals surface area contributed by atoms with E-state index >= 15 is 0 Å². The molecule has 0 spiro atoms. The standard InChI is InChI=1S/C14H15BrF3NO/c1-8(9-2-3-9)7-19-13(20)11-6-10(14(16,17)18)4-5-12(11)15/h4-6,8-9H,2-3,7H2,1H3,(H,19,20). The zero-order valence-corrected chi connectivity index (χ0v) is 12.5. The SMILES string of the molecule is CC(CNC(=O)c1cc(C(F)(F)F)ccc1Br)C1CC1. The van der Waals surface area contributed by atoms with Gasteiger partial charge in [0.2, 0.25) is 0 Å². The summed E-state index contributed by atoms with van der Waals surface area (Å²) in [5.41, 5.74) is -0.802. The van der Waals surface area contributed by atoms with Crippen molar-refractivity contribution in [2.45, 2.75) is 25.9 Å². The normalized spacial score (nSPS) is 16.9. The molecule has 1 aliphatic carbocycles. The lowest BCUT2D eigenvalue weighted by atomic mass is 10.1. The number of halogens is 4. The van der Waals surface area contributed by atoms with E-state index in [0.29, 0.717) is 22.9 Å². The zero-order valence-electron chi connectivity index (χ0n) is 10.9. The van der Waals surface area contributed by atoms with Crippen LogP contribution in [0.5, 0.6) is 0 Å². The molecule has 6 heteroatoms. The Bertz CT molecular complexity index is 512. The van der Waals surface area contributed by atoms with Gasteiger partial charge in [0.15, 0.2) is 0 Å². The van der Waals surface area contributed by atoms with Crippen molar-refractivity contribution in [1.82, 2.24) is 5.32 Å². The van der Waals surface area contributed by atoms with Crippen molar-refractivity contribution in [2.75, 3.05) is 6.54 Å². The first-order valence-corrected chi connectivity index (χ1v) is 7.23. The second-order valence-corrected chi connectivity index (χ2v) is 6.07. The number of hydrogen-bond donors (Lipinski definition) is 1. The van der Waals surface area contributed by atoms with Crippen LogP contribution < -0.4 is 5.32 Å². The van der Waals surface area contributed by atoms with Crippen molar-refractivity contribution in [3.8, 4) is 0 Å². The van der Waals surface area contributed by atoms with Gasteiger partial charge in [0.1, 0.15) is 0 Å². The molecule has 1 unspecified atom stereocenters. The third-order valence-electron chi connectivity index (χ3n) is 3.55. The van der Waals surface area contributed by atoms with Crippen LogP contribution in [0.3, 0.4) is 0 Å². The number of carbonyl (C=O) groups excluding carboxylic acids is 1. The second-order valence-electron chi connectivity index (χ2n) is 5.22. The van der Waals surface area contributed by atoms with E-state index in [2.05, 4.69) is 21.2 Å². The molecular formula is C14H15BrF3NO. The summed E-state index contributed by atoms with van der Waals surface area (Å²) in [7, 11) is 0. The Morgan fingerprint density at radius 1 is 1.45 bits per heavy atom. The van der Waals surface area contributed by atoms with E-state index in [4.69, 9.17) is 0 Å². The molecule has 1 aliphatic rings. The molecule has 0 radical (unpaired) electrons. The van der Waals surface area contributed by atoms with Crippen molar-refractivity contribution in [1.29, 1.82) is 0 Å². The monoisotopic (exact) mass is 349 g/mol. The van der Waals surface area contributed by atoms with E-state index in [-0.39, 0.29) is 5.56 Å². The van der Waals surface area contributed by atoms with Gasteiger partial charge in [-0.3, -0.25) is 4.79 Å². The molecule has 1 N–H and O–H groups in total. The number of nitrogens with one attached hydrogen (secondary N) is 1. The molecule has 1 atom stereocenters. The van der Waals surface area contributed by atoms with Gasteiger partial charge in [0.05, 0.1) is 11.1 Å². The van der Waals surface area contributed by atoms with Crippen LogP contribution in [-0.2, 0) is 6.18 Å². The van der Waals surface area contributed by atoms with E-state index < -0.39 is 17.6 Å². The van der Waals surface area contributed by atoms with E-state index in [1.54, 1.807) is 0 Å². The van der Waals surface area contributed by atoms with Gasteiger partial charge >= 0.3 is 6.18 Å². The summed E-state index contributed by atoms with van der Waals surface area (Å²) >= 11 is 3.12.